The number of methoxy groups -OCH3 is 1. The zero-order chi connectivity index (χ0) is 20.0. The van der Waals surface area contributed by atoms with Crippen LogP contribution in [-0.2, 0) is 10.9 Å². The van der Waals surface area contributed by atoms with E-state index in [-0.39, 0.29) is 17.0 Å². The minimum atomic E-state index is -4.66. The van der Waals surface area contributed by atoms with Gasteiger partial charge in [0.2, 0.25) is 5.88 Å². The van der Waals surface area contributed by atoms with Gasteiger partial charge in [-0.25, -0.2) is 9.78 Å². The fourth-order valence-electron chi connectivity index (χ4n) is 2.16. The van der Waals surface area contributed by atoms with Crippen molar-refractivity contribution in [3.05, 3.63) is 47.7 Å². The number of benzene rings is 1. The summed E-state index contributed by atoms with van der Waals surface area (Å²) < 4.78 is 49.0. The van der Waals surface area contributed by atoms with E-state index in [1.54, 1.807) is 0 Å². The van der Waals surface area contributed by atoms with Crippen LogP contribution >= 0.6 is 0 Å². The second kappa shape index (κ2) is 8.69. The van der Waals surface area contributed by atoms with Crippen LogP contribution in [-0.4, -0.2) is 47.5 Å². The van der Waals surface area contributed by atoms with Crippen molar-refractivity contribution >= 4 is 11.7 Å². The number of aromatic nitrogens is 1. The Balaban J connectivity index is 2.38. The Morgan fingerprint density at radius 3 is 2.56 bits per heavy atom. The van der Waals surface area contributed by atoms with Gasteiger partial charge in [-0.3, -0.25) is 0 Å². The van der Waals surface area contributed by atoms with Gasteiger partial charge in [0.05, 0.1) is 31.9 Å². The topological polar surface area (TPSA) is 101 Å². The van der Waals surface area contributed by atoms with E-state index < -0.39 is 42.8 Å². The summed E-state index contributed by atoms with van der Waals surface area (Å²) in [6.45, 7) is -0.809. The molecule has 0 amide bonds. The van der Waals surface area contributed by atoms with Gasteiger partial charge < -0.3 is 25.0 Å². The van der Waals surface area contributed by atoms with Crippen molar-refractivity contribution in [3.63, 3.8) is 0 Å². The summed E-state index contributed by atoms with van der Waals surface area (Å²) in [5.41, 5.74) is -0.904. The molecule has 0 fully saturated rings. The average molecular weight is 386 g/mol. The largest absolute Gasteiger partial charge is 0.465 e. The number of nitrogens with one attached hydrogen (secondary N) is 1. The zero-order valence-electron chi connectivity index (χ0n) is 14.2. The van der Waals surface area contributed by atoms with Gasteiger partial charge in [-0.15, -0.1) is 0 Å². The van der Waals surface area contributed by atoms with Crippen LogP contribution in [0.1, 0.15) is 15.9 Å². The van der Waals surface area contributed by atoms with E-state index in [2.05, 4.69) is 15.0 Å². The van der Waals surface area contributed by atoms with Crippen molar-refractivity contribution in [1.29, 1.82) is 0 Å². The Bertz CT molecular complexity index is 794. The minimum absolute atomic E-state index is 0.0496. The first-order valence-corrected chi connectivity index (χ1v) is 7.70. The number of hydrogen-bond donors (Lipinski definition) is 3. The molecule has 0 saturated heterocycles. The van der Waals surface area contributed by atoms with E-state index in [1.165, 1.54) is 18.2 Å². The first-order valence-electron chi connectivity index (χ1n) is 7.70. The highest BCUT2D eigenvalue weighted by Crippen LogP contribution is 2.37. The van der Waals surface area contributed by atoms with Crippen LogP contribution in [0.2, 0.25) is 0 Å². The fraction of sp³-hybridized carbons (Fsp3) is 0.294. The molecule has 3 N–H and O–H groups in total. The summed E-state index contributed by atoms with van der Waals surface area (Å²) in [5.74, 6) is -1.52. The number of rotatable bonds is 7. The molecule has 0 unspecified atom stereocenters. The van der Waals surface area contributed by atoms with E-state index in [1.807, 2.05) is 0 Å². The van der Waals surface area contributed by atoms with Crippen molar-refractivity contribution in [2.24, 2.45) is 0 Å². The third-order valence-electron chi connectivity index (χ3n) is 3.49. The minimum Gasteiger partial charge on any atom is -0.465 e. The highest BCUT2D eigenvalue weighted by molar-refractivity contribution is 5.96. The number of carbonyl (C=O) groups is 1. The van der Waals surface area contributed by atoms with Crippen molar-refractivity contribution < 1.29 is 37.7 Å². The molecule has 10 heteroatoms. The molecule has 2 aromatic rings. The number of ether oxygens (including phenoxy) is 2. The molecule has 0 atom stereocenters. The van der Waals surface area contributed by atoms with Crippen LogP contribution in [0.25, 0.3) is 0 Å². The molecule has 1 aromatic heterocycles. The summed E-state index contributed by atoms with van der Waals surface area (Å²) >= 11 is 0. The van der Waals surface area contributed by atoms with Gasteiger partial charge in [0.1, 0.15) is 11.3 Å². The van der Waals surface area contributed by atoms with Gasteiger partial charge in [0.25, 0.3) is 0 Å². The smallest absolute Gasteiger partial charge is 0.421 e. The number of anilines is 1. The number of aliphatic hydroxyl groups is 2. The molecular weight excluding hydrogens is 369 g/mol. The molecule has 0 spiro atoms. The number of halogens is 3. The van der Waals surface area contributed by atoms with Gasteiger partial charge in [0.15, 0.2) is 0 Å². The Hall–Kier alpha value is -2.85. The summed E-state index contributed by atoms with van der Waals surface area (Å²) in [6.07, 6.45) is -3.51. The molecule has 2 rings (SSSR count). The van der Waals surface area contributed by atoms with Crippen LogP contribution < -0.4 is 10.1 Å². The highest BCUT2D eigenvalue weighted by Gasteiger charge is 2.35. The Morgan fingerprint density at radius 1 is 1.26 bits per heavy atom. The number of esters is 1. The van der Waals surface area contributed by atoms with E-state index in [0.29, 0.717) is 0 Å². The molecule has 0 bridgehead atoms. The second-order valence-electron chi connectivity index (χ2n) is 5.36. The van der Waals surface area contributed by atoms with Gasteiger partial charge >= 0.3 is 12.1 Å². The molecular formula is C17H17F3N2O5. The number of nitrogens with zero attached hydrogens (tertiary/aromatic N) is 1. The van der Waals surface area contributed by atoms with Crippen molar-refractivity contribution in [1.82, 2.24) is 4.98 Å². The van der Waals surface area contributed by atoms with Crippen LogP contribution in [0.4, 0.5) is 18.9 Å². The maximum absolute atomic E-state index is 13.0. The molecule has 0 saturated carbocycles. The van der Waals surface area contributed by atoms with Crippen molar-refractivity contribution in [3.8, 4) is 11.6 Å². The third kappa shape index (κ3) is 5.08. The van der Waals surface area contributed by atoms with Crippen molar-refractivity contribution in [2.75, 3.05) is 25.6 Å². The SMILES string of the molecule is COC(=O)c1cc(Oc2ncccc2C(F)(F)F)ccc1NC(CO)CO. The first-order chi connectivity index (χ1) is 12.8. The standard InChI is InChI=1S/C17H17F3N2O5/c1-26-16(25)12-7-11(4-5-14(12)22-10(8-23)9-24)27-15-13(17(18,19)20)3-2-6-21-15/h2-7,10,22-24H,8-9H2,1H3. The fourth-order valence-corrected chi connectivity index (χ4v) is 2.16. The summed E-state index contributed by atoms with van der Waals surface area (Å²) in [5, 5.41) is 21.0. The number of carbonyl (C=O) groups excluding carboxylic acids is 1. The van der Waals surface area contributed by atoms with Gasteiger partial charge in [-0.1, -0.05) is 0 Å². The molecule has 0 aliphatic heterocycles. The zero-order valence-corrected chi connectivity index (χ0v) is 14.2. The number of pyridine rings is 1. The van der Waals surface area contributed by atoms with Crippen LogP contribution in [0.3, 0.4) is 0 Å². The maximum atomic E-state index is 13.0. The predicted molar refractivity (Wildman–Crippen MR) is 88.7 cm³/mol. The Kier molecular flexibility index (Phi) is 6.59. The van der Waals surface area contributed by atoms with E-state index in [0.717, 1.165) is 25.4 Å². The number of alkyl halides is 3. The highest BCUT2D eigenvalue weighted by atomic mass is 19.4. The molecule has 0 radical (unpaired) electrons. The maximum Gasteiger partial charge on any atom is 0.421 e. The molecule has 1 heterocycles. The number of aliphatic hydroxyl groups excluding tert-OH is 2. The van der Waals surface area contributed by atoms with Crippen LogP contribution in [0, 0.1) is 0 Å². The molecule has 7 nitrogen and oxygen atoms in total. The first kappa shape index (κ1) is 20.5. The monoisotopic (exact) mass is 386 g/mol. The molecule has 146 valence electrons. The predicted octanol–water partition coefficient (Wildman–Crippen LogP) is 2.44. The lowest BCUT2D eigenvalue weighted by Gasteiger charge is -2.18. The average Bonchev–Trinajstić information content (AvgIpc) is 2.65. The molecule has 0 aliphatic carbocycles. The van der Waals surface area contributed by atoms with Crippen molar-refractivity contribution in [2.45, 2.75) is 12.2 Å². The summed E-state index contributed by atoms with van der Waals surface area (Å²) in [7, 11) is 1.13. The summed E-state index contributed by atoms with van der Waals surface area (Å²) in [4.78, 5) is 15.6. The van der Waals surface area contributed by atoms with Gasteiger partial charge in [-0.2, -0.15) is 13.2 Å². The van der Waals surface area contributed by atoms with Crippen LogP contribution in [0.5, 0.6) is 11.6 Å². The Labute approximate surface area is 152 Å². The molecule has 1 aromatic carbocycles. The lowest BCUT2D eigenvalue weighted by molar-refractivity contribution is -0.138. The quantitative estimate of drug-likeness (QED) is 0.629. The van der Waals surface area contributed by atoms with E-state index in [9.17, 15) is 18.0 Å². The van der Waals surface area contributed by atoms with Crippen LogP contribution in [0.15, 0.2) is 36.5 Å². The number of hydrogen-bond acceptors (Lipinski definition) is 7. The lowest BCUT2D eigenvalue weighted by atomic mass is 10.1. The van der Waals surface area contributed by atoms with Gasteiger partial charge in [-0.05, 0) is 30.3 Å². The second-order valence-corrected chi connectivity index (χ2v) is 5.36. The normalized spacial score (nSPS) is 11.4. The molecule has 0 aliphatic rings. The van der Waals surface area contributed by atoms with Gasteiger partial charge in [0, 0.05) is 11.9 Å². The summed E-state index contributed by atoms with van der Waals surface area (Å²) in [6, 6.07) is 5.06. The molecule has 27 heavy (non-hydrogen) atoms. The third-order valence-corrected chi connectivity index (χ3v) is 3.49. The van der Waals surface area contributed by atoms with E-state index in [4.69, 9.17) is 14.9 Å². The Morgan fingerprint density at radius 2 is 1.96 bits per heavy atom. The lowest BCUT2D eigenvalue weighted by Crippen LogP contribution is -2.28. The van der Waals surface area contributed by atoms with E-state index >= 15 is 0 Å².